The van der Waals surface area contributed by atoms with Gasteiger partial charge in [-0.1, -0.05) is 29.8 Å². The average Bonchev–Trinajstić information content (AvgIpc) is 2.49. The SMILES string of the molecule is Cc1ccc(OCCS(=O)(=O)Cc2ccc(C#N)cc2)cc1. The third-order valence-electron chi connectivity index (χ3n) is 3.15. The van der Waals surface area contributed by atoms with Crippen molar-refractivity contribution in [1.29, 1.82) is 5.26 Å². The Labute approximate surface area is 130 Å². The van der Waals surface area contributed by atoms with Crippen molar-refractivity contribution in [3.8, 4) is 11.8 Å². The van der Waals surface area contributed by atoms with E-state index in [-0.39, 0.29) is 18.1 Å². The molecule has 114 valence electrons. The average molecular weight is 315 g/mol. The minimum Gasteiger partial charge on any atom is -0.493 e. The third kappa shape index (κ3) is 4.90. The molecule has 0 atom stereocenters. The van der Waals surface area contributed by atoms with Crippen LogP contribution in [0.5, 0.6) is 5.75 Å². The van der Waals surface area contributed by atoms with Crippen LogP contribution in [0.25, 0.3) is 0 Å². The Morgan fingerprint density at radius 1 is 1.05 bits per heavy atom. The van der Waals surface area contributed by atoms with Crippen LogP contribution in [-0.4, -0.2) is 20.8 Å². The van der Waals surface area contributed by atoms with E-state index < -0.39 is 9.84 Å². The van der Waals surface area contributed by atoms with Crippen LogP contribution in [0.2, 0.25) is 0 Å². The Balaban J connectivity index is 1.88. The molecule has 0 bridgehead atoms. The summed E-state index contributed by atoms with van der Waals surface area (Å²) < 4.78 is 29.6. The number of sulfone groups is 1. The maximum Gasteiger partial charge on any atom is 0.157 e. The van der Waals surface area contributed by atoms with Gasteiger partial charge in [-0.05, 0) is 36.8 Å². The maximum absolute atomic E-state index is 12.1. The van der Waals surface area contributed by atoms with E-state index in [1.807, 2.05) is 37.3 Å². The van der Waals surface area contributed by atoms with E-state index in [9.17, 15) is 8.42 Å². The molecule has 0 unspecified atom stereocenters. The number of nitriles is 1. The van der Waals surface area contributed by atoms with Crippen LogP contribution in [0.3, 0.4) is 0 Å². The van der Waals surface area contributed by atoms with Crippen LogP contribution in [-0.2, 0) is 15.6 Å². The summed E-state index contributed by atoms with van der Waals surface area (Å²) in [5.74, 6) is 0.579. The molecule has 22 heavy (non-hydrogen) atoms. The standard InChI is InChI=1S/C17H17NO3S/c1-14-2-8-17(9-3-14)21-10-11-22(19,20)13-16-6-4-15(12-18)5-7-16/h2-9H,10-11,13H2,1H3. The van der Waals surface area contributed by atoms with E-state index in [1.165, 1.54) is 0 Å². The molecular weight excluding hydrogens is 298 g/mol. The second-order valence-electron chi connectivity index (χ2n) is 5.06. The molecule has 0 aliphatic carbocycles. The Morgan fingerprint density at radius 2 is 1.68 bits per heavy atom. The molecule has 0 heterocycles. The van der Waals surface area contributed by atoms with Gasteiger partial charge in [0.15, 0.2) is 9.84 Å². The number of ether oxygens (including phenoxy) is 1. The van der Waals surface area contributed by atoms with E-state index in [1.54, 1.807) is 24.3 Å². The number of benzene rings is 2. The predicted molar refractivity (Wildman–Crippen MR) is 85.3 cm³/mol. The Hall–Kier alpha value is -2.32. The summed E-state index contributed by atoms with van der Waals surface area (Å²) in [5, 5.41) is 8.72. The van der Waals surface area contributed by atoms with Gasteiger partial charge in [0, 0.05) is 0 Å². The molecule has 4 nitrogen and oxygen atoms in total. The first-order chi connectivity index (χ1) is 10.5. The van der Waals surface area contributed by atoms with Crippen molar-refractivity contribution in [2.45, 2.75) is 12.7 Å². The van der Waals surface area contributed by atoms with Gasteiger partial charge >= 0.3 is 0 Å². The molecule has 0 aromatic heterocycles. The number of hydrogen-bond donors (Lipinski definition) is 0. The zero-order valence-corrected chi connectivity index (χ0v) is 13.1. The monoisotopic (exact) mass is 315 g/mol. The molecule has 0 N–H and O–H groups in total. The van der Waals surface area contributed by atoms with Crippen molar-refractivity contribution >= 4 is 9.84 Å². The lowest BCUT2D eigenvalue weighted by molar-refractivity contribution is 0.340. The van der Waals surface area contributed by atoms with E-state index in [0.29, 0.717) is 16.9 Å². The lowest BCUT2D eigenvalue weighted by Gasteiger charge is -2.08. The normalized spacial score (nSPS) is 10.9. The van der Waals surface area contributed by atoms with E-state index >= 15 is 0 Å². The molecule has 0 aliphatic heterocycles. The summed E-state index contributed by atoms with van der Waals surface area (Å²) in [6.07, 6.45) is 0. The fourth-order valence-corrected chi connectivity index (χ4v) is 3.10. The molecular formula is C17H17NO3S. The second-order valence-corrected chi connectivity index (χ2v) is 7.25. The third-order valence-corrected chi connectivity index (χ3v) is 4.72. The molecule has 5 heteroatoms. The second kappa shape index (κ2) is 7.10. The predicted octanol–water partition coefficient (Wildman–Crippen LogP) is 2.86. The van der Waals surface area contributed by atoms with Crippen LogP contribution in [0.15, 0.2) is 48.5 Å². The van der Waals surface area contributed by atoms with Gasteiger partial charge in [-0.3, -0.25) is 0 Å². The van der Waals surface area contributed by atoms with Gasteiger partial charge in [0.05, 0.1) is 23.1 Å². The molecule has 0 radical (unpaired) electrons. The molecule has 0 spiro atoms. The molecule has 0 aliphatic rings. The summed E-state index contributed by atoms with van der Waals surface area (Å²) in [5.41, 5.74) is 2.32. The van der Waals surface area contributed by atoms with Crippen molar-refractivity contribution in [3.05, 3.63) is 65.2 Å². The Bertz CT molecular complexity index is 757. The first kappa shape index (κ1) is 16.1. The Kier molecular flexibility index (Phi) is 5.18. The lowest BCUT2D eigenvalue weighted by atomic mass is 10.2. The smallest absolute Gasteiger partial charge is 0.157 e. The fourth-order valence-electron chi connectivity index (χ4n) is 1.92. The minimum atomic E-state index is -3.24. The largest absolute Gasteiger partial charge is 0.493 e. The van der Waals surface area contributed by atoms with Crippen molar-refractivity contribution in [2.75, 3.05) is 12.4 Å². The quantitative estimate of drug-likeness (QED) is 0.822. The van der Waals surface area contributed by atoms with E-state index in [2.05, 4.69) is 0 Å². The van der Waals surface area contributed by atoms with Crippen molar-refractivity contribution < 1.29 is 13.2 Å². The molecule has 0 fully saturated rings. The number of aryl methyl sites for hydroxylation is 1. The van der Waals surface area contributed by atoms with Gasteiger partial charge < -0.3 is 4.74 Å². The number of nitrogens with zero attached hydrogens (tertiary/aromatic N) is 1. The van der Waals surface area contributed by atoms with Crippen LogP contribution in [0.4, 0.5) is 0 Å². The van der Waals surface area contributed by atoms with Crippen LogP contribution in [0.1, 0.15) is 16.7 Å². The molecule has 2 rings (SSSR count). The highest BCUT2D eigenvalue weighted by molar-refractivity contribution is 7.90. The van der Waals surface area contributed by atoms with Crippen molar-refractivity contribution in [2.24, 2.45) is 0 Å². The molecule has 2 aromatic carbocycles. The van der Waals surface area contributed by atoms with E-state index in [4.69, 9.17) is 10.00 Å². The van der Waals surface area contributed by atoms with Gasteiger partial charge in [-0.25, -0.2) is 8.42 Å². The van der Waals surface area contributed by atoms with Crippen molar-refractivity contribution in [1.82, 2.24) is 0 Å². The van der Waals surface area contributed by atoms with Gasteiger partial charge in [0.25, 0.3) is 0 Å². The first-order valence-corrected chi connectivity index (χ1v) is 8.69. The molecule has 0 saturated carbocycles. The highest BCUT2D eigenvalue weighted by Crippen LogP contribution is 2.12. The number of hydrogen-bond acceptors (Lipinski definition) is 4. The maximum atomic E-state index is 12.1. The van der Waals surface area contributed by atoms with E-state index in [0.717, 1.165) is 5.56 Å². The van der Waals surface area contributed by atoms with Crippen molar-refractivity contribution in [3.63, 3.8) is 0 Å². The lowest BCUT2D eigenvalue weighted by Crippen LogP contribution is -2.16. The highest BCUT2D eigenvalue weighted by atomic mass is 32.2. The molecule has 0 amide bonds. The van der Waals surface area contributed by atoms with Gasteiger partial charge in [0.1, 0.15) is 12.4 Å². The molecule has 0 saturated heterocycles. The first-order valence-electron chi connectivity index (χ1n) is 6.87. The Morgan fingerprint density at radius 3 is 2.27 bits per heavy atom. The van der Waals surface area contributed by atoms with Crippen LogP contribution < -0.4 is 4.74 Å². The minimum absolute atomic E-state index is 0.0408. The van der Waals surface area contributed by atoms with Gasteiger partial charge in [-0.15, -0.1) is 0 Å². The summed E-state index contributed by atoms with van der Waals surface area (Å²) in [7, 11) is -3.24. The zero-order valence-electron chi connectivity index (χ0n) is 12.3. The highest BCUT2D eigenvalue weighted by Gasteiger charge is 2.12. The fraction of sp³-hybridized carbons (Fsp3) is 0.235. The topological polar surface area (TPSA) is 67.2 Å². The molecule has 2 aromatic rings. The number of rotatable bonds is 6. The summed E-state index contributed by atoms with van der Waals surface area (Å²) >= 11 is 0. The zero-order chi connectivity index (χ0) is 16.0. The summed E-state index contributed by atoms with van der Waals surface area (Å²) in [6.45, 7) is 2.10. The van der Waals surface area contributed by atoms with Crippen LogP contribution >= 0.6 is 0 Å². The summed E-state index contributed by atoms with van der Waals surface area (Å²) in [4.78, 5) is 0. The van der Waals surface area contributed by atoms with Gasteiger partial charge in [0.2, 0.25) is 0 Å². The summed E-state index contributed by atoms with van der Waals surface area (Å²) in [6, 6.07) is 16.0. The van der Waals surface area contributed by atoms with Gasteiger partial charge in [-0.2, -0.15) is 5.26 Å². The van der Waals surface area contributed by atoms with Crippen LogP contribution in [0, 0.1) is 18.3 Å².